The summed E-state index contributed by atoms with van der Waals surface area (Å²) < 4.78 is 36.2. The van der Waals surface area contributed by atoms with Gasteiger partial charge in [-0.25, -0.2) is 8.42 Å². The maximum Gasteiger partial charge on any atom is 0.263 e. The zero-order valence-electron chi connectivity index (χ0n) is 18.7. The van der Waals surface area contributed by atoms with Gasteiger partial charge in [-0.3, -0.25) is 9.40 Å². The molecule has 172 valence electrons. The molecule has 0 saturated heterocycles. The van der Waals surface area contributed by atoms with Crippen molar-refractivity contribution in [2.45, 2.75) is 31.6 Å². The summed E-state index contributed by atoms with van der Waals surface area (Å²) in [4.78, 5) is 0.126. The second-order valence-corrected chi connectivity index (χ2v) is 9.43. The van der Waals surface area contributed by atoms with Crippen molar-refractivity contribution in [1.29, 1.82) is 5.26 Å². The molecule has 0 spiro atoms. The Kier molecular flexibility index (Phi) is 7.07. The van der Waals surface area contributed by atoms with Gasteiger partial charge in [-0.2, -0.15) is 10.4 Å². The standard InChI is InChI=1S/C26H24N4O3S/c1-20-12-14-22(15-13-20)25-24(19-33-18-21-8-4-2-5-9-21)30(17-16-27)28-26(25)29-34(31,32)23-10-6-3-7-11-23/h2-15H,17-19H2,1H3,(H,28,29). The fourth-order valence-corrected chi connectivity index (χ4v) is 4.59. The van der Waals surface area contributed by atoms with Gasteiger partial charge in [0.05, 0.1) is 35.4 Å². The molecule has 1 N–H and O–H groups in total. The third-order valence-electron chi connectivity index (χ3n) is 5.25. The van der Waals surface area contributed by atoms with Gasteiger partial charge in [0.25, 0.3) is 10.0 Å². The normalized spacial score (nSPS) is 11.2. The van der Waals surface area contributed by atoms with Gasteiger partial charge in [0.15, 0.2) is 5.82 Å². The number of nitriles is 1. The maximum absolute atomic E-state index is 13.1. The van der Waals surface area contributed by atoms with E-state index in [-0.39, 0.29) is 23.9 Å². The number of nitrogens with one attached hydrogen (secondary N) is 1. The van der Waals surface area contributed by atoms with Crippen LogP contribution in [0.4, 0.5) is 5.82 Å². The molecule has 34 heavy (non-hydrogen) atoms. The van der Waals surface area contributed by atoms with E-state index in [9.17, 15) is 13.7 Å². The number of rotatable bonds is 9. The molecule has 0 aliphatic rings. The molecule has 0 aliphatic carbocycles. The summed E-state index contributed by atoms with van der Waals surface area (Å²) in [6.07, 6.45) is 0. The highest BCUT2D eigenvalue weighted by molar-refractivity contribution is 7.92. The van der Waals surface area contributed by atoms with Crippen molar-refractivity contribution in [3.63, 3.8) is 0 Å². The quantitative estimate of drug-likeness (QED) is 0.374. The van der Waals surface area contributed by atoms with E-state index >= 15 is 0 Å². The lowest BCUT2D eigenvalue weighted by Gasteiger charge is -2.11. The lowest BCUT2D eigenvalue weighted by atomic mass is 10.0. The Hall–Kier alpha value is -3.93. The van der Waals surface area contributed by atoms with Crippen LogP contribution in [0.15, 0.2) is 89.8 Å². The smallest absolute Gasteiger partial charge is 0.263 e. The molecule has 0 saturated carbocycles. The number of nitrogens with zero attached hydrogens (tertiary/aromatic N) is 3. The minimum atomic E-state index is -3.88. The Bertz CT molecular complexity index is 1390. The number of anilines is 1. The van der Waals surface area contributed by atoms with Gasteiger partial charge in [0.2, 0.25) is 0 Å². The Morgan fingerprint density at radius 3 is 2.24 bits per heavy atom. The van der Waals surface area contributed by atoms with Crippen molar-refractivity contribution in [1.82, 2.24) is 9.78 Å². The van der Waals surface area contributed by atoms with E-state index < -0.39 is 10.0 Å². The molecule has 4 rings (SSSR count). The molecule has 1 aromatic heterocycles. The Morgan fingerprint density at radius 1 is 0.941 bits per heavy atom. The van der Waals surface area contributed by atoms with Gasteiger partial charge < -0.3 is 4.74 Å². The van der Waals surface area contributed by atoms with Crippen LogP contribution < -0.4 is 4.72 Å². The molecule has 0 bridgehead atoms. The number of hydrogen-bond acceptors (Lipinski definition) is 5. The fourth-order valence-electron chi connectivity index (χ4n) is 3.56. The third-order valence-corrected chi connectivity index (χ3v) is 6.61. The summed E-state index contributed by atoms with van der Waals surface area (Å²) in [7, 11) is -3.88. The average Bonchev–Trinajstić information content (AvgIpc) is 3.17. The van der Waals surface area contributed by atoms with E-state index in [1.54, 1.807) is 18.2 Å². The molecule has 0 atom stereocenters. The van der Waals surface area contributed by atoms with Crippen LogP contribution in [0.1, 0.15) is 16.8 Å². The lowest BCUT2D eigenvalue weighted by molar-refractivity contribution is 0.102. The predicted molar refractivity (Wildman–Crippen MR) is 130 cm³/mol. The highest BCUT2D eigenvalue weighted by atomic mass is 32.2. The minimum Gasteiger partial charge on any atom is -0.370 e. The summed E-state index contributed by atoms with van der Waals surface area (Å²) in [5, 5.41) is 13.8. The Labute approximate surface area is 199 Å². The summed E-state index contributed by atoms with van der Waals surface area (Å²) in [5.74, 6) is 0.154. The van der Waals surface area contributed by atoms with Crippen LogP contribution in [0.5, 0.6) is 0 Å². The average molecular weight is 473 g/mol. The van der Waals surface area contributed by atoms with E-state index in [0.29, 0.717) is 17.9 Å². The van der Waals surface area contributed by atoms with E-state index in [0.717, 1.165) is 16.7 Å². The van der Waals surface area contributed by atoms with Crippen molar-refractivity contribution < 1.29 is 13.2 Å². The first-order valence-electron chi connectivity index (χ1n) is 10.7. The lowest BCUT2D eigenvalue weighted by Crippen LogP contribution is -2.14. The largest absolute Gasteiger partial charge is 0.370 e. The molecule has 7 nitrogen and oxygen atoms in total. The van der Waals surface area contributed by atoms with E-state index in [2.05, 4.69) is 15.9 Å². The molecule has 3 aromatic carbocycles. The fraction of sp³-hybridized carbons (Fsp3) is 0.154. The molecule has 0 aliphatic heterocycles. The zero-order chi connectivity index (χ0) is 24.0. The molecular formula is C26H24N4O3S. The highest BCUT2D eigenvalue weighted by Gasteiger charge is 2.24. The predicted octanol–water partition coefficient (Wildman–Crippen LogP) is 4.90. The molecule has 0 unspecified atom stereocenters. The van der Waals surface area contributed by atoms with Crippen LogP contribution in [-0.2, 0) is 34.5 Å². The van der Waals surface area contributed by atoms with Crippen LogP contribution in [0.2, 0.25) is 0 Å². The SMILES string of the molecule is Cc1ccc(-c2c(NS(=O)(=O)c3ccccc3)nn(CC#N)c2COCc2ccccc2)cc1. The van der Waals surface area contributed by atoms with Crippen molar-refractivity contribution in [2.75, 3.05) is 4.72 Å². The van der Waals surface area contributed by atoms with Gasteiger partial charge in [-0.1, -0.05) is 78.4 Å². The Balaban J connectivity index is 1.75. The van der Waals surface area contributed by atoms with Crippen molar-refractivity contribution in [3.8, 4) is 17.2 Å². The molecular weight excluding hydrogens is 448 g/mol. The first-order chi connectivity index (χ1) is 16.5. The minimum absolute atomic E-state index is 0.0457. The maximum atomic E-state index is 13.1. The van der Waals surface area contributed by atoms with Gasteiger partial charge in [0, 0.05) is 0 Å². The first kappa shape index (κ1) is 23.2. The van der Waals surface area contributed by atoms with Crippen molar-refractivity contribution >= 4 is 15.8 Å². The summed E-state index contributed by atoms with van der Waals surface area (Å²) >= 11 is 0. The molecule has 4 aromatic rings. The third kappa shape index (κ3) is 5.34. The Morgan fingerprint density at radius 2 is 1.59 bits per heavy atom. The van der Waals surface area contributed by atoms with E-state index in [1.807, 2.05) is 61.5 Å². The number of sulfonamides is 1. The van der Waals surface area contributed by atoms with Gasteiger partial charge >= 0.3 is 0 Å². The van der Waals surface area contributed by atoms with Crippen LogP contribution in [0, 0.1) is 18.3 Å². The van der Waals surface area contributed by atoms with E-state index in [1.165, 1.54) is 16.8 Å². The monoisotopic (exact) mass is 472 g/mol. The molecule has 0 fully saturated rings. The van der Waals surface area contributed by atoms with Crippen LogP contribution in [0.3, 0.4) is 0 Å². The molecule has 8 heteroatoms. The van der Waals surface area contributed by atoms with Crippen molar-refractivity contribution in [2.24, 2.45) is 0 Å². The summed E-state index contributed by atoms with van der Waals surface area (Å²) in [6.45, 7) is 2.46. The second kappa shape index (κ2) is 10.3. The van der Waals surface area contributed by atoms with E-state index in [4.69, 9.17) is 4.74 Å². The highest BCUT2D eigenvalue weighted by Crippen LogP contribution is 2.34. The van der Waals surface area contributed by atoms with Crippen LogP contribution >= 0.6 is 0 Å². The number of aromatic nitrogens is 2. The van der Waals surface area contributed by atoms with Gasteiger partial charge in [-0.05, 0) is 30.2 Å². The summed E-state index contributed by atoms with van der Waals surface area (Å²) in [5.41, 5.74) is 4.06. The number of aryl methyl sites for hydroxylation is 1. The van der Waals surface area contributed by atoms with Gasteiger partial charge in [-0.15, -0.1) is 0 Å². The summed E-state index contributed by atoms with van der Waals surface area (Å²) in [6, 6.07) is 27.6. The van der Waals surface area contributed by atoms with Crippen molar-refractivity contribution in [3.05, 3.63) is 102 Å². The number of hydrogen-bond donors (Lipinski definition) is 1. The topological polar surface area (TPSA) is 97.0 Å². The molecule has 0 amide bonds. The molecule has 1 heterocycles. The second-order valence-electron chi connectivity index (χ2n) is 7.75. The first-order valence-corrected chi connectivity index (χ1v) is 12.2. The number of ether oxygens (including phenoxy) is 1. The van der Waals surface area contributed by atoms with Crippen LogP contribution in [-0.4, -0.2) is 18.2 Å². The number of benzene rings is 3. The zero-order valence-corrected chi connectivity index (χ0v) is 19.5. The van der Waals surface area contributed by atoms with Crippen LogP contribution in [0.25, 0.3) is 11.1 Å². The van der Waals surface area contributed by atoms with Gasteiger partial charge in [0.1, 0.15) is 6.54 Å². The molecule has 0 radical (unpaired) electrons.